The molecule has 1 aliphatic heterocycles. The van der Waals surface area contributed by atoms with Crippen LogP contribution in [-0.4, -0.2) is 41.6 Å². The Labute approximate surface area is 213 Å². The first-order chi connectivity index (χ1) is 17.1. The minimum absolute atomic E-state index is 0.0593. The highest BCUT2D eigenvalue weighted by atomic mass is 35.5. The maximum Gasteiger partial charge on any atom is 0.452 e. The number of rotatable bonds is 6. The van der Waals surface area contributed by atoms with Crippen LogP contribution in [0.2, 0.25) is 10.0 Å². The van der Waals surface area contributed by atoms with Gasteiger partial charge >= 0.3 is 12.1 Å². The quantitative estimate of drug-likeness (QED) is 0.366. The van der Waals surface area contributed by atoms with E-state index in [4.69, 9.17) is 42.1 Å². The number of hydrogen-bond acceptors (Lipinski definition) is 7. The highest BCUT2D eigenvalue weighted by Gasteiger charge is 2.44. The topological polar surface area (TPSA) is 84.7 Å². The van der Waals surface area contributed by atoms with Crippen molar-refractivity contribution in [3.63, 3.8) is 0 Å². The standard InChI is InChI=1S/C23H20Cl2F3N3O5/c1-4-35-18(32)10-17-21-29-30-22(23(26,27)28)31(21)15-6-5-11(24)7-13(15)19(36-17)14-8-12(25)9-16(33-2)20(14)34-3/h5-9,17,19H,4,10H2,1-3H3/t17-,19+/m0/s1. The predicted molar refractivity (Wildman–Crippen MR) is 123 cm³/mol. The molecule has 0 spiro atoms. The van der Waals surface area contributed by atoms with Crippen LogP contribution in [0.5, 0.6) is 11.5 Å². The summed E-state index contributed by atoms with van der Waals surface area (Å²) in [7, 11) is 2.81. The van der Waals surface area contributed by atoms with Gasteiger partial charge in [-0.25, -0.2) is 0 Å². The molecule has 0 unspecified atom stereocenters. The van der Waals surface area contributed by atoms with Crippen LogP contribution in [0.15, 0.2) is 30.3 Å². The first-order valence-corrected chi connectivity index (χ1v) is 11.4. The van der Waals surface area contributed by atoms with Gasteiger partial charge < -0.3 is 18.9 Å². The van der Waals surface area contributed by atoms with Gasteiger partial charge in [0, 0.05) is 27.2 Å². The van der Waals surface area contributed by atoms with E-state index in [2.05, 4.69) is 10.2 Å². The maximum absolute atomic E-state index is 14.0. The third-order valence-corrected chi connectivity index (χ3v) is 5.91. The average Bonchev–Trinajstić information content (AvgIpc) is 3.22. The largest absolute Gasteiger partial charge is 0.493 e. The lowest BCUT2D eigenvalue weighted by Gasteiger charge is -2.25. The van der Waals surface area contributed by atoms with E-state index in [1.807, 2.05) is 0 Å². The molecule has 0 bridgehead atoms. The third kappa shape index (κ3) is 4.82. The molecular weight excluding hydrogens is 526 g/mol. The van der Waals surface area contributed by atoms with Gasteiger partial charge in [-0.2, -0.15) is 13.2 Å². The van der Waals surface area contributed by atoms with Gasteiger partial charge in [0.1, 0.15) is 12.2 Å². The van der Waals surface area contributed by atoms with Gasteiger partial charge in [0.25, 0.3) is 0 Å². The van der Waals surface area contributed by atoms with Gasteiger partial charge in [-0.05, 0) is 31.2 Å². The molecule has 4 rings (SSSR count). The summed E-state index contributed by atoms with van der Waals surface area (Å²) in [5.41, 5.74) is 0.638. The number of fused-ring (bicyclic) bond motifs is 3. The lowest BCUT2D eigenvalue weighted by molar-refractivity contribution is -0.147. The number of methoxy groups -OCH3 is 2. The average molecular weight is 546 g/mol. The van der Waals surface area contributed by atoms with Crippen LogP contribution >= 0.6 is 23.2 Å². The molecule has 0 saturated heterocycles. The molecule has 0 saturated carbocycles. The van der Waals surface area contributed by atoms with E-state index in [-0.39, 0.29) is 45.2 Å². The zero-order valence-electron chi connectivity index (χ0n) is 19.2. The van der Waals surface area contributed by atoms with Crippen molar-refractivity contribution in [2.45, 2.75) is 31.7 Å². The van der Waals surface area contributed by atoms with E-state index in [0.29, 0.717) is 5.56 Å². The fourth-order valence-corrected chi connectivity index (χ4v) is 4.47. The fraction of sp³-hybridized carbons (Fsp3) is 0.348. The van der Waals surface area contributed by atoms with Gasteiger partial charge in [0.15, 0.2) is 17.3 Å². The summed E-state index contributed by atoms with van der Waals surface area (Å²) < 4.78 is 65.0. The number of carbonyl (C=O) groups excluding carboxylic acids is 1. The molecule has 3 aromatic rings. The molecule has 2 atom stereocenters. The van der Waals surface area contributed by atoms with Crippen LogP contribution in [0.25, 0.3) is 5.69 Å². The van der Waals surface area contributed by atoms with Crippen molar-refractivity contribution in [2.24, 2.45) is 0 Å². The Morgan fingerprint density at radius 2 is 1.81 bits per heavy atom. The number of aromatic nitrogens is 3. The normalized spacial score (nSPS) is 17.1. The second kappa shape index (κ2) is 10.2. The second-order valence-electron chi connectivity index (χ2n) is 7.66. The molecule has 2 heterocycles. The van der Waals surface area contributed by atoms with Gasteiger partial charge in [0.05, 0.1) is 32.9 Å². The molecule has 13 heteroatoms. The summed E-state index contributed by atoms with van der Waals surface area (Å²) in [5, 5.41) is 7.63. The second-order valence-corrected chi connectivity index (χ2v) is 8.54. The van der Waals surface area contributed by atoms with Crippen molar-refractivity contribution in [3.8, 4) is 17.2 Å². The lowest BCUT2D eigenvalue weighted by atomic mass is 9.98. The summed E-state index contributed by atoms with van der Waals surface area (Å²) in [5.74, 6) is -1.69. The number of benzene rings is 2. The van der Waals surface area contributed by atoms with Crippen molar-refractivity contribution < 1.29 is 36.9 Å². The fourth-order valence-electron chi connectivity index (χ4n) is 4.07. The Kier molecular flexibility index (Phi) is 7.35. The maximum atomic E-state index is 14.0. The number of halogens is 5. The molecule has 2 aromatic carbocycles. The lowest BCUT2D eigenvalue weighted by Crippen LogP contribution is -2.18. The van der Waals surface area contributed by atoms with Crippen LogP contribution in [0.3, 0.4) is 0 Å². The third-order valence-electron chi connectivity index (χ3n) is 5.46. The zero-order valence-corrected chi connectivity index (χ0v) is 20.7. The van der Waals surface area contributed by atoms with Crippen molar-refractivity contribution in [2.75, 3.05) is 20.8 Å². The first kappa shape index (κ1) is 26.1. The minimum atomic E-state index is -4.85. The predicted octanol–water partition coefficient (Wildman–Crippen LogP) is 5.72. The van der Waals surface area contributed by atoms with Crippen LogP contribution in [-0.2, 0) is 20.4 Å². The van der Waals surface area contributed by atoms with Gasteiger partial charge in [-0.3, -0.25) is 9.36 Å². The van der Waals surface area contributed by atoms with Gasteiger partial charge in [-0.15, -0.1) is 10.2 Å². The molecule has 0 aliphatic carbocycles. The summed E-state index contributed by atoms with van der Waals surface area (Å²) in [6.07, 6.45) is -7.66. The van der Waals surface area contributed by atoms with E-state index < -0.39 is 36.6 Å². The summed E-state index contributed by atoms with van der Waals surface area (Å²) in [6.45, 7) is 1.69. The number of alkyl halides is 3. The number of esters is 1. The first-order valence-electron chi connectivity index (χ1n) is 10.6. The van der Waals surface area contributed by atoms with Crippen LogP contribution < -0.4 is 9.47 Å². The highest BCUT2D eigenvalue weighted by Crippen LogP contribution is 2.48. The van der Waals surface area contributed by atoms with Crippen LogP contribution in [0.1, 0.15) is 48.3 Å². The zero-order chi connectivity index (χ0) is 26.2. The van der Waals surface area contributed by atoms with Crippen molar-refractivity contribution in [3.05, 3.63) is 63.2 Å². The van der Waals surface area contributed by atoms with Crippen molar-refractivity contribution >= 4 is 29.2 Å². The molecule has 0 N–H and O–H groups in total. The molecular formula is C23H20Cl2F3N3O5. The van der Waals surface area contributed by atoms with Gasteiger partial charge in [-0.1, -0.05) is 23.2 Å². The molecule has 0 radical (unpaired) electrons. The summed E-state index contributed by atoms with van der Waals surface area (Å²) >= 11 is 12.6. The summed E-state index contributed by atoms with van der Waals surface area (Å²) in [6, 6.07) is 7.36. The van der Waals surface area contributed by atoms with Crippen LogP contribution in [0, 0.1) is 0 Å². The molecule has 0 amide bonds. The SMILES string of the molecule is CCOC(=O)C[C@@H]1O[C@@H](c2cc(Cl)cc(OC)c2OC)c2cc(Cl)ccc2-n2c1nnc2C(F)(F)F. The number of nitrogens with zero attached hydrogens (tertiary/aromatic N) is 3. The van der Waals surface area contributed by atoms with E-state index in [1.165, 1.54) is 44.6 Å². The Balaban J connectivity index is 2.02. The van der Waals surface area contributed by atoms with Crippen LogP contribution in [0.4, 0.5) is 13.2 Å². The number of hydrogen-bond donors (Lipinski definition) is 0. The van der Waals surface area contributed by atoms with E-state index in [0.717, 1.165) is 4.57 Å². The Morgan fingerprint density at radius 3 is 2.44 bits per heavy atom. The van der Waals surface area contributed by atoms with Crippen molar-refractivity contribution in [1.29, 1.82) is 0 Å². The van der Waals surface area contributed by atoms with Crippen molar-refractivity contribution in [1.82, 2.24) is 14.8 Å². The molecule has 36 heavy (non-hydrogen) atoms. The summed E-state index contributed by atoms with van der Waals surface area (Å²) in [4.78, 5) is 12.4. The highest BCUT2D eigenvalue weighted by molar-refractivity contribution is 6.31. The molecule has 1 aliphatic rings. The molecule has 8 nitrogen and oxygen atoms in total. The Morgan fingerprint density at radius 1 is 1.08 bits per heavy atom. The molecule has 192 valence electrons. The molecule has 0 fully saturated rings. The van der Waals surface area contributed by atoms with E-state index in [9.17, 15) is 18.0 Å². The van der Waals surface area contributed by atoms with E-state index >= 15 is 0 Å². The number of carbonyl (C=O) groups is 1. The molecule has 1 aromatic heterocycles. The Bertz CT molecular complexity index is 1300. The van der Waals surface area contributed by atoms with E-state index in [1.54, 1.807) is 6.92 Å². The monoisotopic (exact) mass is 545 g/mol. The number of ether oxygens (including phenoxy) is 4. The Hall–Kier alpha value is -3.02. The smallest absolute Gasteiger partial charge is 0.452 e. The minimum Gasteiger partial charge on any atom is -0.493 e. The van der Waals surface area contributed by atoms with Gasteiger partial charge in [0.2, 0.25) is 5.82 Å².